The summed E-state index contributed by atoms with van der Waals surface area (Å²) >= 11 is 0. The molecule has 1 aliphatic heterocycles. The average Bonchev–Trinajstić information content (AvgIpc) is 3.12. The van der Waals surface area contributed by atoms with Gasteiger partial charge in [-0.25, -0.2) is 9.97 Å². The summed E-state index contributed by atoms with van der Waals surface area (Å²) in [5.74, 6) is -0.331. The largest absolute Gasteiger partial charge is 0.480 e. The summed E-state index contributed by atoms with van der Waals surface area (Å²) in [5.41, 5.74) is 2.33. The number of aromatic nitrogens is 4. The van der Waals surface area contributed by atoms with Gasteiger partial charge in [-0.05, 0) is 46.2 Å². The minimum Gasteiger partial charge on any atom is -0.480 e. The molecule has 9 heteroatoms. The Morgan fingerprint density at radius 2 is 1.88 bits per heavy atom. The minimum atomic E-state index is -0.889. The third-order valence-corrected chi connectivity index (χ3v) is 4.25. The highest BCUT2D eigenvalue weighted by atomic mass is 16.4. The lowest BCUT2D eigenvalue weighted by atomic mass is 10.2. The van der Waals surface area contributed by atoms with Crippen LogP contribution in [0.4, 0.5) is 5.82 Å². The number of carboxylic acid groups (broad SMARTS) is 1. The summed E-state index contributed by atoms with van der Waals surface area (Å²) in [7, 11) is 0. The molecule has 0 saturated carbocycles. The van der Waals surface area contributed by atoms with Crippen molar-refractivity contribution in [1.29, 1.82) is 0 Å². The Balaban J connectivity index is 1.78. The van der Waals surface area contributed by atoms with E-state index < -0.39 is 12.0 Å². The molecule has 1 amide bonds. The van der Waals surface area contributed by atoms with E-state index in [4.69, 9.17) is 0 Å². The van der Waals surface area contributed by atoms with Gasteiger partial charge in [-0.1, -0.05) is 0 Å². The molecule has 1 saturated heterocycles. The van der Waals surface area contributed by atoms with Gasteiger partial charge in [0.25, 0.3) is 5.95 Å². The summed E-state index contributed by atoms with van der Waals surface area (Å²) in [5, 5.41) is 16.4. The van der Waals surface area contributed by atoms with Crippen LogP contribution in [0.25, 0.3) is 5.95 Å². The van der Waals surface area contributed by atoms with Crippen molar-refractivity contribution in [3.8, 4) is 5.95 Å². The highest BCUT2D eigenvalue weighted by molar-refractivity contribution is 5.92. The summed E-state index contributed by atoms with van der Waals surface area (Å²) in [6.45, 7) is 6.17. The number of hydrogen-bond donors (Lipinski definition) is 2. The number of amides is 1. The number of carbonyl (C=O) groups excluding carboxylic acids is 1. The third-order valence-electron chi connectivity index (χ3n) is 4.25. The molecule has 3 heterocycles. The molecule has 2 N–H and O–H groups in total. The minimum absolute atomic E-state index is 0.0227. The van der Waals surface area contributed by atoms with Gasteiger partial charge < -0.3 is 10.4 Å². The van der Waals surface area contributed by atoms with E-state index in [-0.39, 0.29) is 12.5 Å². The van der Waals surface area contributed by atoms with Crippen molar-refractivity contribution in [3.63, 3.8) is 0 Å². The van der Waals surface area contributed by atoms with Gasteiger partial charge in [-0.15, -0.1) is 0 Å². The Morgan fingerprint density at radius 3 is 2.54 bits per heavy atom. The fourth-order valence-corrected chi connectivity index (χ4v) is 3.20. The van der Waals surface area contributed by atoms with E-state index in [2.05, 4.69) is 20.4 Å². The fraction of sp³-hybridized carbons (Fsp3) is 0.471. The molecule has 138 valence electrons. The van der Waals surface area contributed by atoms with Gasteiger partial charge in [-0.2, -0.15) is 9.78 Å². The second kappa shape index (κ2) is 7.20. The molecule has 3 rings (SSSR count). The van der Waals surface area contributed by atoms with Crippen LogP contribution in [0.15, 0.2) is 12.1 Å². The highest BCUT2D eigenvalue weighted by Crippen LogP contribution is 2.18. The average molecular weight is 358 g/mol. The lowest BCUT2D eigenvalue weighted by Gasteiger charge is -2.20. The van der Waals surface area contributed by atoms with Crippen LogP contribution in [0.3, 0.4) is 0 Å². The quantitative estimate of drug-likeness (QED) is 0.822. The normalized spacial score (nSPS) is 17.4. The number of likely N-dealkylation sites (tertiary alicyclic amines) is 1. The number of carbonyl (C=O) groups is 2. The van der Waals surface area contributed by atoms with Crippen molar-refractivity contribution in [3.05, 3.63) is 29.2 Å². The molecule has 9 nitrogen and oxygen atoms in total. The maximum atomic E-state index is 12.4. The van der Waals surface area contributed by atoms with Crippen LogP contribution in [0.5, 0.6) is 0 Å². The van der Waals surface area contributed by atoms with Crippen molar-refractivity contribution in [2.75, 3.05) is 18.4 Å². The first kappa shape index (κ1) is 18.0. The van der Waals surface area contributed by atoms with Crippen LogP contribution in [-0.4, -0.2) is 60.8 Å². The van der Waals surface area contributed by atoms with Crippen molar-refractivity contribution in [2.24, 2.45) is 0 Å². The number of nitrogens with one attached hydrogen (secondary N) is 1. The lowest BCUT2D eigenvalue weighted by molar-refractivity contribution is -0.142. The smallest absolute Gasteiger partial charge is 0.320 e. The van der Waals surface area contributed by atoms with Gasteiger partial charge in [0.05, 0.1) is 12.2 Å². The maximum absolute atomic E-state index is 12.4. The topological polar surface area (TPSA) is 113 Å². The molecule has 1 aliphatic rings. The zero-order chi connectivity index (χ0) is 18.8. The van der Waals surface area contributed by atoms with Crippen LogP contribution in [0.2, 0.25) is 0 Å². The van der Waals surface area contributed by atoms with Gasteiger partial charge in [0.1, 0.15) is 11.9 Å². The molecule has 1 fully saturated rings. The lowest BCUT2D eigenvalue weighted by Crippen LogP contribution is -2.41. The zero-order valence-corrected chi connectivity index (χ0v) is 15.1. The van der Waals surface area contributed by atoms with E-state index in [0.717, 1.165) is 17.8 Å². The summed E-state index contributed by atoms with van der Waals surface area (Å²) in [4.78, 5) is 34.1. The molecule has 26 heavy (non-hydrogen) atoms. The Kier molecular flexibility index (Phi) is 4.99. The number of anilines is 1. The first-order valence-corrected chi connectivity index (χ1v) is 8.49. The SMILES string of the molecule is Cc1cc(C)nc(-n2nc(C)cc2NC(=O)CN2CCC[C@H]2C(=O)O)n1. The number of nitrogens with zero attached hydrogens (tertiary/aromatic N) is 5. The monoisotopic (exact) mass is 358 g/mol. The van der Waals surface area contributed by atoms with Crippen LogP contribution in [-0.2, 0) is 9.59 Å². The first-order valence-electron chi connectivity index (χ1n) is 8.49. The van der Waals surface area contributed by atoms with Crippen molar-refractivity contribution in [1.82, 2.24) is 24.6 Å². The van der Waals surface area contributed by atoms with E-state index in [0.29, 0.717) is 30.4 Å². The summed E-state index contributed by atoms with van der Waals surface area (Å²) in [6, 6.07) is 2.99. The molecule has 1 atom stereocenters. The van der Waals surface area contributed by atoms with E-state index in [1.807, 2.05) is 26.8 Å². The van der Waals surface area contributed by atoms with E-state index in [1.54, 1.807) is 11.0 Å². The molecule has 2 aromatic heterocycles. The number of hydrogen-bond acceptors (Lipinski definition) is 6. The Labute approximate surface area is 151 Å². The summed E-state index contributed by atoms with van der Waals surface area (Å²) in [6.07, 6.45) is 1.34. The summed E-state index contributed by atoms with van der Waals surface area (Å²) < 4.78 is 1.49. The Bertz CT molecular complexity index is 827. The van der Waals surface area contributed by atoms with Gasteiger partial charge in [0, 0.05) is 17.5 Å². The molecule has 0 bridgehead atoms. The molecule has 0 aromatic carbocycles. The predicted octanol–water partition coefficient (Wildman–Crippen LogP) is 1.08. The molecule has 0 aliphatic carbocycles. The van der Waals surface area contributed by atoms with Gasteiger partial charge in [0.15, 0.2) is 0 Å². The second-order valence-corrected chi connectivity index (χ2v) is 6.55. The van der Waals surface area contributed by atoms with Crippen LogP contribution < -0.4 is 5.32 Å². The van der Waals surface area contributed by atoms with E-state index >= 15 is 0 Å². The third kappa shape index (κ3) is 3.88. The molecular weight excluding hydrogens is 336 g/mol. The van der Waals surface area contributed by atoms with Crippen LogP contribution in [0, 0.1) is 20.8 Å². The van der Waals surface area contributed by atoms with Gasteiger partial charge in [0.2, 0.25) is 5.91 Å². The molecular formula is C17H22N6O3. The Morgan fingerprint density at radius 1 is 1.19 bits per heavy atom. The first-order chi connectivity index (χ1) is 12.3. The van der Waals surface area contributed by atoms with E-state index in [1.165, 1.54) is 4.68 Å². The molecule has 2 aromatic rings. The second-order valence-electron chi connectivity index (χ2n) is 6.55. The van der Waals surface area contributed by atoms with E-state index in [9.17, 15) is 14.7 Å². The highest BCUT2D eigenvalue weighted by Gasteiger charge is 2.31. The molecule has 0 spiro atoms. The van der Waals surface area contributed by atoms with Crippen molar-refractivity contribution < 1.29 is 14.7 Å². The number of rotatable bonds is 5. The Hall–Kier alpha value is -2.81. The number of aryl methyl sites for hydroxylation is 3. The van der Waals surface area contributed by atoms with Gasteiger partial charge >= 0.3 is 5.97 Å². The van der Waals surface area contributed by atoms with Crippen LogP contribution in [0.1, 0.15) is 29.9 Å². The number of aliphatic carboxylic acids is 1. The predicted molar refractivity (Wildman–Crippen MR) is 94.2 cm³/mol. The van der Waals surface area contributed by atoms with Gasteiger partial charge in [-0.3, -0.25) is 14.5 Å². The fourth-order valence-electron chi connectivity index (χ4n) is 3.20. The van der Waals surface area contributed by atoms with Crippen LogP contribution >= 0.6 is 0 Å². The molecule has 0 radical (unpaired) electrons. The molecule has 0 unspecified atom stereocenters. The zero-order valence-electron chi connectivity index (χ0n) is 15.1. The standard InChI is InChI=1S/C17H22N6O3/c1-10-7-11(2)19-17(18-10)23-14(8-12(3)21-23)20-15(24)9-22-6-4-5-13(22)16(25)26/h7-8,13H,4-6,9H2,1-3H3,(H,20,24)(H,25,26)/t13-/m0/s1. The maximum Gasteiger partial charge on any atom is 0.320 e. The number of carboxylic acids is 1. The van der Waals surface area contributed by atoms with Crippen molar-refractivity contribution >= 4 is 17.7 Å². The van der Waals surface area contributed by atoms with Crippen molar-refractivity contribution in [2.45, 2.75) is 39.7 Å².